The molecule has 2 atom stereocenters. The fourth-order valence-corrected chi connectivity index (χ4v) is 1.23. The Balaban J connectivity index is 2.77. The Morgan fingerprint density at radius 1 is 1.23 bits per heavy atom. The lowest BCUT2D eigenvalue weighted by atomic mass is 10.0. The minimum atomic E-state index is -0.817. The molecule has 13 heavy (non-hydrogen) atoms. The standard InChI is InChI=1S/C10H13ClO2/c1-2-9(12)10(13)7-3-5-8(11)6-4-7/h3-6,9-10,12-13H,2H2,1H3. The van der Waals surface area contributed by atoms with Gasteiger partial charge in [0.15, 0.2) is 0 Å². The maximum absolute atomic E-state index is 9.59. The van der Waals surface area contributed by atoms with Crippen LogP contribution in [0.5, 0.6) is 0 Å². The van der Waals surface area contributed by atoms with Crippen molar-refractivity contribution in [3.8, 4) is 0 Å². The first-order valence-corrected chi connectivity index (χ1v) is 4.64. The molecule has 1 aromatic rings. The van der Waals surface area contributed by atoms with Gasteiger partial charge in [0, 0.05) is 5.02 Å². The first kappa shape index (κ1) is 10.5. The van der Waals surface area contributed by atoms with Gasteiger partial charge in [-0.2, -0.15) is 0 Å². The molecule has 1 aromatic carbocycles. The Morgan fingerprint density at radius 3 is 2.23 bits per heavy atom. The monoisotopic (exact) mass is 200 g/mol. The molecule has 2 nitrogen and oxygen atoms in total. The third kappa shape index (κ3) is 2.69. The van der Waals surface area contributed by atoms with Gasteiger partial charge in [-0.1, -0.05) is 30.7 Å². The van der Waals surface area contributed by atoms with Crippen molar-refractivity contribution >= 4 is 11.6 Å². The molecule has 1 rings (SSSR count). The largest absolute Gasteiger partial charge is 0.390 e. The van der Waals surface area contributed by atoms with Crippen LogP contribution >= 0.6 is 11.6 Å². The Hall–Kier alpha value is -0.570. The summed E-state index contributed by atoms with van der Waals surface area (Å²) in [6.07, 6.45) is -0.993. The molecule has 0 fully saturated rings. The lowest BCUT2D eigenvalue weighted by Crippen LogP contribution is -2.16. The molecule has 72 valence electrons. The van der Waals surface area contributed by atoms with Gasteiger partial charge in [-0.3, -0.25) is 0 Å². The van der Waals surface area contributed by atoms with Crippen molar-refractivity contribution < 1.29 is 10.2 Å². The maximum Gasteiger partial charge on any atom is 0.105 e. The van der Waals surface area contributed by atoms with Crippen LogP contribution in [0.25, 0.3) is 0 Å². The quantitative estimate of drug-likeness (QED) is 0.785. The zero-order chi connectivity index (χ0) is 9.84. The number of hydrogen-bond donors (Lipinski definition) is 2. The Bertz CT molecular complexity index is 258. The van der Waals surface area contributed by atoms with Crippen molar-refractivity contribution in [3.05, 3.63) is 34.9 Å². The van der Waals surface area contributed by atoms with Gasteiger partial charge in [-0.05, 0) is 24.1 Å². The fraction of sp³-hybridized carbons (Fsp3) is 0.400. The van der Waals surface area contributed by atoms with E-state index in [0.717, 1.165) is 0 Å². The molecule has 0 spiro atoms. The number of benzene rings is 1. The van der Waals surface area contributed by atoms with Crippen LogP contribution in [0.3, 0.4) is 0 Å². The minimum absolute atomic E-state index is 0.532. The zero-order valence-electron chi connectivity index (χ0n) is 7.44. The summed E-state index contributed by atoms with van der Waals surface area (Å²) in [7, 11) is 0. The second-order valence-corrected chi connectivity index (χ2v) is 3.41. The molecule has 2 unspecified atom stereocenters. The highest BCUT2D eigenvalue weighted by molar-refractivity contribution is 6.30. The topological polar surface area (TPSA) is 40.5 Å². The molecule has 0 saturated heterocycles. The van der Waals surface area contributed by atoms with E-state index in [0.29, 0.717) is 17.0 Å². The predicted molar refractivity (Wildman–Crippen MR) is 52.7 cm³/mol. The van der Waals surface area contributed by atoms with Crippen molar-refractivity contribution in [1.82, 2.24) is 0 Å². The van der Waals surface area contributed by atoms with E-state index in [4.69, 9.17) is 11.6 Å². The number of rotatable bonds is 3. The average Bonchev–Trinajstić information content (AvgIpc) is 2.17. The van der Waals surface area contributed by atoms with Crippen LogP contribution in [0.2, 0.25) is 5.02 Å². The van der Waals surface area contributed by atoms with E-state index in [1.54, 1.807) is 24.3 Å². The van der Waals surface area contributed by atoms with Crippen molar-refractivity contribution in [3.63, 3.8) is 0 Å². The van der Waals surface area contributed by atoms with Gasteiger partial charge < -0.3 is 10.2 Å². The highest BCUT2D eigenvalue weighted by atomic mass is 35.5. The van der Waals surface area contributed by atoms with Crippen LogP contribution in [0, 0.1) is 0 Å². The van der Waals surface area contributed by atoms with Gasteiger partial charge in [-0.15, -0.1) is 0 Å². The molecule has 0 aliphatic rings. The van der Waals surface area contributed by atoms with Gasteiger partial charge in [0.05, 0.1) is 6.10 Å². The molecule has 0 radical (unpaired) electrons. The lowest BCUT2D eigenvalue weighted by molar-refractivity contribution is 0.0165. The van der Waals surface area contributed by atoms with Crippen LogP contribution in [0.1, 0.15) is 25.0 Å². The second-order valence-electron chi connectivity index (χ2n) is 2.97. The molecule has 0 aromatic heterocycles. The number of aliphatic hydroxyl groups is 2. The molecule has 0 bridgehead atoms. The number of aliphatic hydroxyl groups excluding tert-OH is 2. The third-order valence-electron chi connectivity index (χ3n) is 1.99. The highest BCUT2D eigenvalue weighted by Crippen LogP contribution is 2.20. The van der Waals surface area contributed by atoms with E-state index in [9.17, 15) is 10.2 Å². The first-order chi connectivity index (χ1) is 6.15. The molecule has 0 aliphatic carbocycles. The molecule has 0 aliphatic heterocycles. The molecular weight excluding hydrogens is 188 g/mol. The van der Waals surface area contributed by atoms with Gasteiger partial charge in [-0.25, -0.2) is 0 Å². The Labute approximate surface area is 82.8 Å². The SMILES string of the molecule is CCC(O)C(O)c1ccc(Cl)cc1. The summed E-state index contributed by atoms with van der Waals surface area (Å²) in [6.45, 7) is 1.82. The summed E-state index contributed by atoms with van der Waals surface area (Å²) in [6, 6.07) is 6.82. The van der Waals surface area contributed by atoms with Crippen LogP contribution in [0.4, 0.5) is 0 Å². The smallest absolute Gasteiger partial charge is 0.105 e. The summed E-state index contributed by atoms with van der Waals surface area (Å²) < 4.78 is 0. The van der Waals surface area contributed by atoms with Crippen molar-refractivity contribution in [1.29, 1.82) is 0 Å². The fourth-order valence-electron chi connectivity index (χ4n) is 1.11. The van der Waals surface area contributed by atoms with Crippen molar-refractivity contribution in [2.45, 2.75) is 25.6 Å². The second kappa shape index (κ2) is 4.61. The summed E-state index contributed by atoms with van der Waals surface area (Å²) in [5, 5.41) is 19.6. The maximum atomic E-state index is 9.59. The molecule has 3 heteroatoms. The van der Waals surface area contributed by atoms with Gasteiger partial charge in [0.2, 0.25) is 0 Å². The third-order valence-corrected chi connectivity index (χ3v) is 2.25. The summed E-state index contributed by atoms with van der Waals surface area (Å²) >= 11 is 5.69. The molecule has 0 saturated carbocycles. The van der Waals surface area contributed by atoms with Crippen molar-refractivity contribution in [2.75, 3.05) is 0 Å². The predicted octanol–water partition coefficient (Wildman–Crippen LogP) is 2.14. The van der Waals surface area contributed by atoms with Gasteiger partial charge in [0.25, 0.3) is 0 Å². The van der Waals surface area contributed by atoms with Gasteiger partial charge in [0.1, 0.15) is 6.10 Å². The van der Waals surface area contributed by atoms with E-state index in [1.165, 1.54) is 0 Å². The summed E-state index contributed by atoms with van der Waals surface area (Å²) in [5.74, 6) is 0. The average molecular weight is 201 g/mol. The minimum Gasteiger partial charge on any atom is -0.390 e. The summed E-state index contributed by atoms with van der Waals surface area (Å²) in [5.41, 5.74) is 0.693. The van der Waals surface area contributed by atoms with E-state index in [1.807, 2.05) is 6.92 Å². The molecule has 2 N–H and O–H groups in total. The molecule has 0 heterocycles. The molecule has 0 amide bonds. The van der Waals surface area contributed by atoms with Crippen molar-refractivity contribution in [2.24, 2.45) is 0 Å². The highest BCUT2D eigenvalue weighted by Gasteiger charge is 2.15. The van der Waals surface area contributed by atoms with Crippen LogP contribution in [0.15, 0.2) is 24.3 Å². The normalized spacial score (nSPS) is 15.4. The van der Waals surface area contributed by atoms with E-state index >= 15 is 0 Å². The number of halogens is 1. The Morgan fingerprint density at radius 2 is 1.77 bits per heavy atom. The van der Waals surface area contributed by atoms with Gasteiger partial charge >= 0.3 is 0 Å². The van der Waals surface area contributed by atoms with Crippen LogP contribution in [-0.4, -0.2) is 16.3 Å². The Kier molecular flexibility index (Phi) is 3.72. The van der Waals surface area contributed by atoms with E-state index < -0.39 is 12.2 Å². The number of hydrogen-bond acceptors (Lipinski definition) is 2. The van der Waals surface area contributed by atoms with E-state index in [2.05, 4.69) is 0 Å². The van der Waals surface area contributed by atoms with Crippen LogP contribution in [-0.2, 0) is 0 Å². The summed E-state index contributed by atoms with van der Waals surface area (Å²) in [4.78, 5) is 0. The first-order valence-electron chi connectivity index (χ1n) is 4.26. The van der Waals surface area contributed by atoms with Crippen LogP contribution < -0.4 is 0 Å². The lowest BCUT2D eigenvalue weighted by Gasteiger charge is -2.16. The zero-order valence-corrected chi connectivity index (χ0v) is 8.20. The van der Waals surface area contributed by atoms with E-state index in [-0.39, 0.29) is 0 Å². The molecular formula is C10H13ClO2.